The smallest absolute Gasteiger partial charge is 0.253 e. The van der Waals surface area contributed by atoms with Gasteiger partial charge in [0.25, 0.3) is 5.91 Å². The summed E-state index contributed by atoms with van der Waals surface area (Å²) in [6.45, 7) is 1.63. The number of methoxy groups -OCH3 is 1. The molecule has 0 bridgehead atoms. The van der Waals surface area contributed by atoms with Crippen molar-refractivity contribution in [3.63, 3.8) is 0 Å². The van der Waals surface area contributed by atoms with Gasteiger partial charge in [0.15, 0.2) is 0 Å². The predicted molar refractivity (Wildman–Crippen MR) is 118 cm³/mol. The molecule has 1 aliphatic carbocycles. The van der Waals surface area contributed by atoms with Crippen molar-refractivity contribution >= 4 is 17.5 Å². The summed E-state index contributed by atoms with van der Waals surface area (Å²) >= 11 is 0. The molecule has 5 nitrogen and oxygen atoms in total. The van der Waals surface area contributed by atoms with E-state index in [9.17, 15) is 9.59 Å². The molecule has 1 saturated heterocycles. The molecule has 0 aromatic heterocycles. The maximum atomic E-state index is 13.5. The average Bonchev–Trinajstić information content (AvgIpc) is 3.34. The van der Waals surface area contributed by atoms with Crippen LogP contribution in [0.15, 0.2) is 48.5 Å². The van der Waals surface area contributed by atoms with Crippen LogP contribution in [0.1, 0.15) is 60.9 Å². The van der Waals surface area contributed by atoms with Crippen molar-refractivity contribution in [3.05, 3.63) is 59.7 Å². The maximum absolute atomic E-state index is 13.5. The van der Waals surface area contributed by atoms with Crippen LogP contribution in [0.5, 0.6) is 5.75 Å². The predicted octanol–water partition coefficient (Wildman–Crippen LogP) is 4.77. The first-order valence-electron chi connectivity index (χ1n) is 11.0. The topological polar surface area (TPSA) is 58.6 Å². The molecule has 1 saturated carbocycles. The number of amides is 2. The second kappa shape index (κ2) is 8.90. The third-order valence-corrected chi connectivity index (χ3v) is 6.55. The normalized spacial score (nSPS) is 18.1. The Morgan fingerprint density at radius 3 is 2.30 bits per heavy atom. The highest BCUT2D eigenvalue weighted by Gasteiger charge is 2.41. The van der Waals surface area contributed by atoms with E-state index < -0.39 is 5.41 Å². The third-order valence-electron chi connectivity index (χ3n) is 6.55. The van der Waals surface area contributed by atoms with E-state index in [-0.39, 0.29) is 11.8 Å². The summed E-state index contributed by atoms with van der Waals surface area (Å²) in [6, 6.07) is 15.2. The molecule has 0 radical (unpaired) electrons. The van der Waals surface area contributed by atoms with Crippen LogP contribution >= 0.6 is 0 Å². The van der Waals surface area contributed by atoms with E-state index in [1.165, 1.54) is 0 Å². The van der Waals surface area contributed by atoms with Gasteiger partial charge in [-0.05, 0) is 61.6 Å². The quantitative estimate of drug-likeness (QED) is 0.778. The summed E-state index contributed by atoms with van der Waals surface area (Å²) < 4.78 is 5.29. The zero-order valence-corrected chi connectivity index (χ0v) is 17.7. The Bertz CT molecular complexity index is 895. The van der Waals surface area contributed by atoms with Gasteiger partial charge in [0, 0.05) is 24.3 Å². The highest BCUT2D eigenvalue weighted by Crippen LogP contribution is 2.41. The number of anilines is 1. The number of hydrogen-bond donors (Lipinski definition) is 1. The first-order chi connectivity index (χ1) is 14.6. The van der Waals surface area contributed by atoms with Crippen LogP contribution in [-0.2, 0) is 10.2 Å². The molecule has 30 heavy (non-hydrogen) atoms. The summed E-state index contributed by atoms with van der Waals surface area (Å²) in [7, 11) is 1.65. The molecule has 2 aromatic rings. The number of nitrogens with one attached hydrogen (secondary N) is 1. The third kappa shape index (κ3) is 4.07. The van der Waals surface area contributed by atoms with E-state index in [2.05, 4.69) is 5.32 Å². The first kappa shape index (κ1) is 20.5. The van der Waals surface area contributed by atoms with Crippen LogP contribution in [0, 0.1) is 0 Å². The molecular weight excluding hydrogens is 376 g/mol. The van der Waals surface area contributed by atoms with Crippen molar-refractivity contribution in [2.75, 3.05) is 25.5 Å². The van der Waals surface area contributed by atoms with E-state index in [1.807, 2.05) is 53.4 Å². The lowest BCUT2D eigenvalue weighted by Gasteiger charge is -2.36. The number of likely N-dealkylation sites (tertiary alicyclic amines) is 1. The highest BCUT2D eigenvalue weighted by molar-refractivity contribution is 6.01. The summed E-state index contributed by atoms with van der Waals surface area (Å²) in [5, 5.41) is 3.12. The number of carbonyl (C=O) groups excluding carboxylic acids is 2. The lowest BCUT2D eigenvalue weighted by atomic mass is 9.68. The maximum Gasteiger partial charge on any atom is 0.253 e. The van der Waals surface area contributed by atoms with Gasteiger partial charge in [-0.1, -0.05) is 37.5 Å². The van der Waals surface area contributed by atoms with Gasteiger partial charge in [0.1, 0.15) is 5.75 Å². The number of ether oxygens (including phenoxy) is 1. The van der Waals surface area contributed by atoms with Crippen LogP contribution < -0.4 is 10.1 Å². The first-order valence-corrected chi connectivity index (χ1v) is 11.0. The van der Waals surface area contributed by atoms with E-state index in [0.29, 0.717) is 11.3 Å². The molecule has 1 N–H and O–H groups in total. The molecule has 2 fully saturated rings. The van der Waals surface area contributed by atoms with Crippen LogP contribution in [-0.4, -0.2) is 36.9 Å². The fourth-order valence-corrected chi connectivity index (χ4v) is 4.80. The lowest BCUT2D eigenvalue weighted by molar-refractivity contribution is -0.122. The van der Waals surface area contributed by atoms with Crippen molar-refractivity contribution in [2.45, 2.75) is 50.4 Å². The minimum absolute atomic E-state index is 0.0122. The molecular formula is C25H30N2O3. The summed E-state index contributed by atoms with van der Waals surface area (Å²) in [4.78, 5) is 28.2. The second-order valence-electron chi connectivity index (χ2n) is 8.41. The molecule has 2 aromatic carbocycles. The Morgan fingerprint density at radius 2 is 1.63 bits per heavy atom. The van der Waals surface area contributed by atoms with Crippen molar-refractivity contribution < 1.29 is 14.3 Å². The zero-order valence-electron chi connectivity index (χ0n) is 17.7. The molecule has 2 aliphatic rings. The Balaban J connectivity index is 1.57. The van der Waals surface area contributed by atoms with Crippen LogP contribution in [0.2, 0.25) is 0 Å². The SMILES string of the molecule is COc1ccc(C2(C(=O)Nc3cccc(C(=O)N4CCCC4)c3)CCCCC2)cc1. The van der Waals surface area contributed by atoms with Gasteiger partial charge in [0.2, 0.25) is 5.91 Å². The van der Waals surface area contributed by atoms with Gasteiger partial charge in [0.05, 0.1) is 12.5 Å². The molecule has 0 spiro atoms. The van der Waals surface area contributed by atoms with Gasteiger partial charge in [-0.25, -0.2) is 0 Å². The van der Waals surface area contributed by atoms with Crippen molar-refractivity contribution in [2.24, 2.45) is 0 Å². The Morgan fingerprint density at radius 1 is 0.933 bits per heavy atom. The molecule has 0 atom stereocenters. The second-order valence-corrected chi connectivity index (χ2v) is 8.41. The average molecular weight is 407 g/mol. The van der Waals surface area contributed by atoms with Gasteiger partial charge < -0.3 is 15.0 Å². The van der Waals surface area contributed by atoms with Gasteiger partial charge in [-0.3, -0.25) is 9.59 Å². The Kier molecular flexibility index (Phi) is 6.07. The summed E-state index contributed by atoms with van der Waals surface area (Å²) in [6.07, 6.45) is 7.01. The van der Waals surface area contributed by atoms with E-state index in [0.717, 1.165) is 69.3 Å². The van der Waals surface area contributed by atoms with Gasteiger partial charge in [-0.2, -0.15) is 0 Å². The van der Waals surface area contributed by atoms with E-state index in [1.54, 1.807) is 7.11 Å². The fraction of sp³-hybridized carbons (Fsp3) is 0.440. The minimum Gasteiger partial charge on any atom is -0.497 e. The van der Waals surface area contributed by atoms with Crippen molar-refractivity contribution in [1.82, 2.24) is 4.90 Å². The standard InChI is InChI=1S/C25H30N2O3/c1-30-22-12-10-20(11-13-22)25(14-3-2-4-15-25)24(29)26-21-9-7-8-19(18-21)23(28)27-16-5-6-17-27/h7-13,18H,2-6,14-17H2,1H3,(H,26,29). The number of benzene rings is 2. The molecule has 5 heteroatoms. The number of hydrogen-bond acceptors (Lipinski definition) is 3. The van der Waals surface area contributed by atoms with Crippen molar-refractivity contribution in [3.8, 4) is 5.75 Å². The Labute approximate surface area is 178 Å². The number of carbonyl (C=O) groups is 2. The lowest BCUT2D eigenvalue weighted by Crippen LogP contribution is -2.42. The molecule has 158 valence electrons. The monoisotopic (exact) mass is 406 g/mol. The summed E-state index contributed by atoms with van der Waals surface area (Å²) in [5.74, 6) is 0.850. The minimum atomic E-state index is -0.542. The number of rotatable bonds is 5. The molecule has 2 amide bonds. The molecule has 0 unspecified atom stereocenters. The molecule has 4 rings (SSSR count). The molecule has 1 heterocycles. The highest BCUT2D eigenvalue weighted by atomic mass is 16.5. The Hall–Kier alpha value is -2.82. The zero-order chi connectivity index (χ0) is 21.0. The number of nitrogens with zero attached hydrogens (tertiary/aromatic N) is 1. The van der Waals surface area contributed by atoms with Crippen molar-refractivity contribution in [1.29, 1.82) is 0 Å². The van der Waals surface area contributed by atoms with Gasteiger partial charge >= 0.3 is 0 Å². The summed E-state index contributed by atoms with van der Waals surface area (Å²) in [5.41, 5.74) is 1.81. The molecule has 1 aliphatic heterocycles. The van der Waals surface area contributed by atoms with Crippen LogP contribution in [0.4, 0.5) is 5.69 Å². The van der Waals surface area contributed by atoms with Crippen LogP contribution in [0.3, 0.4) is 0 Å². The van der Waals surface area contributed by atoms with Crippen LogP contribution in [0.25, 0.3) is 0 Å². The van der Waals surface area contributed by atoms with E-state index in [4.69, 9.17) is 4.74 Å². The van der Waals surface area contributed by atoms with E-state index >= 15 is 0 Å². The largest absolute Gasteiger partial charge is 0.497 e. The van der Waals surface area contributed by atoms with Gasteiger partial charge in [-0.15, -0.1) is 0 Å². The fourth-order valence-electron chi connectivity index (χ4n) is 4.80.